The van der Waals surface area contributed by atoms with Crippen molar-refractivity contribution in [3.63, 3.8) is 0 Å². The summed E-state index contributed by atoms with van der Waals surface area (Å²) in [4.78, 5) is 8.81. The van der Waals surface area contributed by atoms with Crippen LogP contribution in [0.15, 0.2) is 18.5 Å². The zero-order valence-electron chi connectivity index (χ0n) is 15.0. The monoisotopic (exact) mass is 342 g/mol. The van der Waals surface area contributed by atoms with Gasteiger partial charge in [0.1, 0.15) is 6.10 Å². The van der Waals surface area contributed by atoms with E-state index in [4.69, 9.17) is 4.74 Å². The van der Waals surface area contributed by atoms with Gasteiger partial charge in [-0.05, 0) is 25.2 Å². The van der Waals surface area contributed by atoms with Crippen LogP contribution in [0.1, 0.15) is 51.6 Å². The Balaban J connectivity index is 1.44. The lowest BCUT2D eigenvalue weighted by Crippen LogP contribution is -2.49. The van der Waals surface area contributed by atoms with E-state index in [-0.39, 0.29) is 6.10 Å². The molecular formula is C18H26N6O. The van der Waals surface area contributed by atoms with Crippen molar-refractivity contribution in [1.29, 1.82) is 0 Å². The highest BCUT2D eigenvalue weighted by Gasteiger charge is 2.40. The van der Waals surface area contributed by atoms with Crippen molar-refractivity contribution in [2.45, 2.75) is 64.1 Å². The van der Waals surface area contributed by atoms with E-state index in [0.29, 0.717) is 35.6 Å². The summed E-state index contributed by atoms with van der Waals surface area (Å²) in [6.07, 6.45) is 7.10. The quantitative estimate of drug-likeness (QED) is 0.774. The van der Waals surface area contributed by atoms with E-state index >= 15 is 0 Å². The fraction of sp³-hybridized carbons (Fsp3) is 0.611. The second-order valence-electron chi connectivity index (χ2n) is 7.53. The fourth-order valence-electron chi connectivity index (χ4n) is 3.81. The average molecular weight is 342 g/mol. The number of hydrogen-bond acceptors (Lipinski definition) is 6. The molecule has 7 nitrogen and oxygen atoms in total. The maximum Gasteiger partial charge on any atom is 0.234 e. The lowest BCUT2D eigenvalue weighted by molar-refractivity contribution is 0.0788. The predicted octanol–water partition coefficient (Wildman–Crippen LogP) is 2.97. The lowest BCUT2D eigenvalue weighted by atomic mass is 9.91. The van der Waals surface area contributed by atoms with Gasteiger partial charge in [-0.1, -0.05) is 20.8 Å². The Morgan fingerprint density at radius 3 is 2.92 bits per heavy atom. The Morgan fingerprint density at radius 1 is 1.24 bits per heavy atom. The number of piperidine rings is 1. The Labute approximate surface area is 148 Å². The molecule has 134 valence electrons. The van der Waals surface area contributed by atoms with Gasteiger partial charge >= 0.3 is 0 Å². The topological polar surface area (TPSA) is 87.8 Å². The summed E-state index contributed by atoms with van der Waals surface area (Å²) < 4.78 is 6.19. The smallest absolute Gasteiger partial charge is 0.234 e. The van der Waals surface area contributed by atoms with Crippen LogP contribution in [0.25, 0.3) is 0 Å². The maximum absolute atomic E-state index is 6.19. The third-order valence-corrected chi connectivity index (χ3v) is 5.37. The van der Waals surface area contributed by atoms with Crippen molar-refractivity contribution in [3.8, 4) is 5.88 Å². The molecular weight excluding hydrogens is 316 g/mol. The number of hydrogen-bond donors (Lipinski definition) is 3. The zero-order chi connectivity index (χ0) is 17.4. The molecule has 2 bridgehead atoms. The van der Waals surface area contributed by atoms with E-state index in [1.807, 2.05) is 6.07 Å². The van der Waals surface area contributed by atoms with E-state index in [0.717, 1.165) is 17.9 Å². The fourth-order valence-corrected chi connectivity index (χ4v) is 3.81. The Bertz CT molecular complexity index is 730. The van der Waals surface area contributed by atoms with E-state index in [9.17, 15) is 0 Å². The first-order valence-corrected chi connectivity index (χ1v) is 9.15. The molecule has 0 amide bonds. The van der Waals surface area contributed by atoms with Gasteiger partial charge in [0.15, 0.2) is 11.6 Å². The molecule has 25 heavy (non-hydrogen) atoms. The molecule has 1 unspecified atom stereocenters. The Morgan fingerprint density at radius 2 is 2.12 bits per heavy atom. The third kappa shape index (κ3) is 3.46. The van der Waals surface area contributed by atoms with Crippen LogP contribution in [-0.2, 0) is 0 Å². The Kier molecular flexibility index (Phi) is 4.33. The number of aromatic nitrogens is 4. The molecule has 0 saturated carbocycles. The summed E-state index contributed by atoms with van der Waals surface area (Å²) in [5, 5.41) is 14.2. The van der Waals surface area contributed by atoms with Crippen molar-refractivity contribution < 1.29 is 4.74 Å². The van der Waals surface area contributed by atoms with Crippen molar-refractivity contribution in [2.75, 3.05) is 5.32 Å². The van der Waals surface area contributed by atoms with Gasteiger partial charge in [-0.15, -0.1) is 0 Å². The van der Waals surface area contributed by atoms with Gasteiger partial charge in [-0.2, -0.15) is 10.1 Å². The molecule has 4 rings (SSSR count). The number of nitrogens with zero attached hydrogens (tertiary/aromatic N) is 3. The van der Waals surface area contributed by atoms with Crippen molar-refractivity contribution in [1.82, 2.24) is 25.5 Å². The molecule has 0 radical (unpaired) electrons. The number of anilines is 2. The molecule has 4 heterocycles. The van der Waals surface area contributed by atoms with Crippen LogP contribution in [0.5, 0.6) is 5.88 Å². The summed E-state index contributed by atoms with van der Waals surface area (Å²) in [7, 11) is 0. The second-order valence-corrected chi connectivity index (χ2v) is 7.53. The minimum absolute atomic E-state index is 0.196. The van der Waals surface area contributed by atoms with Crippen LogP contribution >= 0.6 is 0 Å². The Hall–Kier alpha value is -2.15. The van der Waals surface area contributed by atoms with Crippen molar-refractivity contribution in [3.05, 3.63) is 24.2 Å². The highest BCUT2D eigenvalue weighted by Crippen LogP contribution is 2.33. The molecule has 0 aliphatic carbocycles. The van der Waals surface area contributed by atoms with E-state index < -0.39 is 0 Å². The number of fused-ring (bicyclic) bond motifs is 2. The average Bonchev–Trinajstić information content (AvgIpc) is 3.21. The SMILES string of the molecule is CC(C)c1cc(Nc2cncc(OC3C[C@@H]4CC[C@@H](N4)[C@@H]3C)n2)n[nH]1. The summed E-state index contributed by atoms with van der Waals surface area (Å²) in [6.45, 7) is 6.51. The van der Waals surface area contributed by atoms with E-state index in [1.165, 1.54) is 12.8 Å². The lowest BCUT2D eigenvalue weighted by Gasteiger charge is -2.35. The molecule has 2 aromatic heterocycles. The van der Waals surface area contributed by atoms with Crippen LogP contribution in [0.4, 0.5) is 11.6 Å². The molecule has 7 heteroatoms. The number of ether oxygens (including phenoxy) is 1. The molecule has 2 aromatic rings. The van der Waals surface area contributed by atoms with Crippen LogP contribution in [0.3, 0.4) is 0 Å². The van der Waals surface area contributed by atoms with Gasteiger partial charge in [0.05, 0.1) is 12.4 Å². The van der Waals surface area contributed by atoms with E-state index in [1.54, 1.807) is 12.4 Å². The molecule has 0 aromatic carbocycles. The standard InChI is InChI=1S/C18H26N6O/c1-10(2)14-7-16(24-23-14)21-17-8-19-9-18(22-17)25-15-6-12-4-5-13(20-12)11(15)3/h7-13,15,20H,4-6H2,1-3H3,(H2,21,22,23,24)/t11-,12-,13+,15?/m0/s1. The number of rotatable bonds is 5. The normalized spacial score (nSPS) is 28.3. The van der Waals surface area contributed by atoms with Crippen LogP contribution < -0.4 is 15.4 Å². The molecule has 2 fully saturated rings. The molecule has 2 saturated heterocycles. The highest BCUT2D eigenvalue weighted by atomic mass is 16.5. The third-order valence-electron chi connectivity index (χ3n) is 5.37. The number of nitrogens with one attached hydrogen (secondary N) is 3. The first kappa shape index (κ1) is 16.3. The number of aromatic amines is 1. The highest BCUT2D eigenvalue weighted by molar-refractivity contribution is 5.51. The van der Waals surface area contributed by atoms with Crippen molar-refractivity contribution in [2.24, 2.45) is 5.92 Å². The minimum atomic E-state index is 0.196. The van der Waals surface area contributed by atoms with Gasteiger partial charge in [-0.25, -0.2) is 0 Å². The molecule has 3 N–H and O–H groups in total. The maximum atomic E-state index is 6.19. The van der Waals surface area contributed by atoms with Gasteiger partial charge in [0.25, 0.3) is 0 Å². The van der Waals surface area contributed by atoms with Crippen LogP contribution in [0.2, 0.25) is 0 Å². The summed E-state index contributed by atoms with van der Waals surface area (Å²) >= 11 is 0. The molecule has 2 aliphatic rings. The molecule has 2 aliphatic heterocycles. The van der Waals surface area contributed by atoms with Crippen molar-refractivity contribution >= 4 is 11.6 Å². The minimum Gasteiger partial charge on any atom is -0.473 e. The predicted molar refractivity (Wildman–Crippen MR) is 96.1 cm³/mol. The summed E-state index contributed by atoms with van der Waals surface area (Å²) in [5.74, 6) is 2.84. The second kappa shape index (κ2) is 6.63. The first-order valence-electron chi connectivity index (χ1n) is 9.15. The zero-order valence-corrected chi connectivity index (χ0v) is 15.0. The van der Waals surface area contributed by atoms with Gasteiger partial charge in [-0.3, -0.25) is 10.1 Å². The van der Waals surface area contributed by atoms with Crippen LogP contribution in [0, 0.1) is 5.92 Å². The summed E-state index contributed by atoms with van der Waals surface area (Å²) in [5.41, 5.74) is 1.09. The van der Waals surface area contributed by atoms with E-state index in [2.05, 4.69) is 51.6 Å². The largest absolute Gasteiger partial charge is 0.473 e. The first-order chi connectivity index (χ1) is 12.1. The van der Waals surface area contributed by atoms with Crippen LogP contribution in [-0.4, -0.2) is 38.4 Å². The molecule has 0 spiro atoms. The van der Waals surface area contributed by atoms with Gasteiger partial charge in [0.2, 0.25) is 5.88 Å². The van der Waals surface area contributed by atoms with Gasteiger partial charge < -0.3 is 15.4 Å². The summed E-state index contributed by atoms with van der Waals surface area (Å²) in [6, 6.07) is 3.14. The molecule has 4 atom stereocenters. The van der Waals surface area contributed by atoms with Gasteiger partial charge in [0, 0.05) is 29.8 Å². The number of H-pyrrole nitrogens is 1.